The standard InChI is InChI=1S/C17H20I2O4/c18-14(21)22-8-15-4-10-5-16(7-17(16,6-15)13(10)15)11-2-1-9(11)3-12(20)23-19/h9-11,13H,1-8H2. The lowest BCUT2D eigenvalue weighted by molar-refractivity contribution is -0.201. The van der Waals surface area contributed by atoms with E-state index in [-0.39, 0.29) is 9.95 Å². The first kappa shape index (κ1) is 15.6. The second-order valence-electron chi connectivity index (χ2n) is 8.80. The van der Waals surface area contributed by atoms with Gasteiger partial charge in [-0.3, -0.25) is 4.79 Å². The van der Waals surface area contributed by atoms with Gasteiger partial charge in [0, 0.05) is 11.8 Å². The number of halogens is 2. The Kier molecular flexibility index (Phi) is 3.24. The van der Waals surface area contributed by atoms with Gasteiger partial charge in [0.25, 0.3) is 0 Å². The van der Waals surface area contributed by atoms with Gasteiger partial charge >= 0.3 is 9.95 Å². The Balaban J connectivity index is 1.30. The molecule has 5 saturated carbocycles. The Labute approximate surface area is 163 Å². The van der Waals surface area contributed by atoms with Crippen molar-refractivity contribution in [3.8, 4) is 0 Å². The Hall–Kier alpha value is 0.400. The largest absolute Gasteiger partial charge is 0.458 e. The Morgan fingerprint density at radius 3 is 2.61 bits per heavy atom. The van der Waals surface area contributed by atoms with Gasteiger partial charge in [-0.2, -0.15) is 0 Å². The molecule has 0 bridgehead atoms. The summed E-state index contributed by atoms with van der Waals surface area (Å²) in [5, 5.41) is 0. The van der Waals surface area contributed by atoms with E-state index in [0.717, 1.165) is 17.8 Å². The zero-order valence-corrected chi connectivity index (χ0v) is 17.2. The Morgan fingerprint density at radius 2 is 1.96 bits per heavy atom. The molecule has 0 aromatic heterocycles. The van der Waals surface area contributed by atoms with E-state index in [9.17, 15) is 9.59 Å². The van der Waals surface area contributed by atoms with Crippen molar-refractivity contribution in [1.29, 1.82) is 0 Å². The zero-order valence-electron chi connectivity index (χ0n) is 12.9. The third-order valence-corrected chi connectivity index (χ3v) is 9.10. The first-order valence-electron chi connectivity index (χ1n) is 8.60. The van der Waals surface area contributed by atoms with E-state index < -0.39 is 0 Å². The summed E-state index contributed by atoms with van der Waals surface area (Å²) in [6.07, 6.45) is 8.39. The van der Waals surface area contributed by atoms with Gasteiger partial charge in [0.2, 0.25) is 0 Å². The van der Waals surface area contributed by atoms with Crippen LogP contribution in [0.4, 0.5) is 4.79 Å². The molecule has 5 aliphatic rings. The maximum absolute atomic E-state index is 11.6. The van der Waals surface area contributed by atoms with Crippen molar-refractivity contribution in [1.82, 2.24) is 0 Å². The normalized spacial score (nSPS) is 53.8. The minimum absolute atomic E-state index is 0.0516. The van der Waals surface area contributed by atoms with Crippen LogP contribution in [0.25, 0.3) is 0 Å². The van der Waals surface area contributed by atoms with Crippen LogP contribution in [0.2, 0.25) is 0 Å². The third-order valence-electron chi connectivity index (χ3n) is 8.30. The molecule has 0 radical (unpaired) electrons. The topological polar surface area (TPSA) is 52.6 Å². The summed E-state index contributed by atoms with van der Waals surface area (Å²) < 4.78 is 10.1. The summed E-state index contributed by atoms with van der Waals surface area (Å²) in [5.41, 5.74) is 1.42. The van der Waals surface area contributed by atoms with Crippen LogP contribution in [0.15, 0.2) is 0 Å². The molecule has 0 amide bonds. The van der Waals surface area contributed by atoms with Crippen molar-refractivity contribution in [2.45, 2.75) is 44.9 Å². The minimum Gasteiger partial charge on any atom is -0.458 e. The second kappa shape index (κ2) is 4.76. The van der Waals surface area contributed by atoms with Gasteiger partial charge in [0.1, 0.15) is 0 Å². The molecule has 0 saturated heterocycles. The van der Waals surface area contributed by atoms with E-state index >= 15 is 0 Å². The van der Waals surface area contributed by atoms with Gasteiger partial charge in [-0.05, 0) is 73.0 Å². The monoisotopic (exact) mass is 542 g/mol. The average molecular weight is 542 g/mol. The number of rotatable bonds is 5. The van der Waals surface area contributed by atoms with Crippen LogP contribution >= 0.6 is 45.6 Å². The predicted octanol–water partition coefficient (Wildman–Crippen LogP) is 4.67. The Morgan fingerprint density at radius 1 is 1.13 bits per heavy atom. The van der Waals surface area contributed by atoms with Crippen LogP contribution in [0.1, 0.15) is 44.9 Å². The van der Waals surface area contributed by atoms with Gasteiger partial charge in [0.05, 0.1) is 29.2 Å². The molecule has 5 fully saturated rings. The molecule has 23 heavy (non-hydrogen) atoms. The maximum Gasteiger partial charge on any atom is 0.367 e. The van der Waals surface area contributed by atoms with E-state index in [4.69, 9.17) is 7.80 Å². The summed E-state index contributed by atoms with van der Waals surface area (Å²) in [5.74, 6) is 2.92. The summed E-state index contributed by atoms with van der Waals surface area (Å²) >= 11 is 3.44. The molecule has 4 nitrogen and oxygen atoms in total. The fraction of sp³-hybridized carbons (Fsp3) is 0.882. The summed E-state index contributed by atoms with van der Waals surface area (Å²) in [4.78, 5) is 22.8. The molecular formula is C17H20I2O4. The molecule has 0 aromatic rings. The number of hydrogen-bond acceptors (Lipinski definition) is 4. The molecule has 5 aliphatic carbocycles. The van der Waals surface area contributed by atoms with Gasteiger partial charge < -0.3 is 7.80 Å². The van der Waals surface area contributed by atoms with E-state index in [2.05, 4.69) is 0 Å². The quantitative estimate of drug-likeness (QED) is 0.375. The molecule has 0 aliphatic heterocycles. The van der Waals surface area contributed by atoms with Crippen LogP contribution in [0, 0.1) is 39.9 Å². The van der Waals surface area contributed by atoms with Crippen LogP contribution in [-0.2, 0) is 12.6 Å². The van der Waals surface area contributed by atoms with Gasteiger partial charge in [-0.15, -0.1) is 0 Å². The van der Waals surface area contributed by atoms with Crippen molar-refractivity contribution in [3.63, 3.8) is 0 Å². The molecule has 7 atom stereocenters. The second-order valence-corrected chi connectivity index (χ2v) is 10.1. The van der Waals surface area contributed by atoms with Gasteiger partial charge in [-0.1, -0.05) is 0 Å². The van der Waals surface area contributed by atoms with Crippen molar-refractivity contribution < 1.29 is 17.4 Å². The Bertz CT molecular complexity index is 609. The molecule has 7 unspecified atom stereocenters. The molecule has 126 valence electrons. The maximum atomic E-state index is 11.6. The molecule has 6 heteroatoms. The highest BCUT2D eigenvalue weighted by molar-refractivity contribution is 14.1. The van der Waals surface area contributed by atoms with E-state index in [1.165, 1.54) is 38.5 Å². The van der Waals surface area contributed by atoms with Crippen molar-refractivity contribution in [2.75, 3.05) is 6.61 Å². The van der Waals surface area contributed by atoms with Gasteiger partial charge in [-0.25, -0.2) is 4.79 Å². The lowest BCUT2D eigenvalue weighted by atomic mass is 9.39. The highest BCUT2D eigenvalue weighted by Crippen LogP contribution is 2.97. The highest BCUT2D eigenvalue weighted by Gasteiger charge is 2.91. The van der Waals surface area contributed by atoms with Crippen LogP contribution in [0.3, 0.4) is 0 Å². The fourth-order valence-corrected chi connectivity index (χ4v) is 8.22. The number of carbonyl (C=O) groups is 2. The smallest absolute Gasteiger partial charge is 0.367 e. The molecule has 0 heterocycles. The van der Waals surface area contributed by atoms with Crippen molar-refractivity contribution in [2.24, 2.45) is 39.9 Å². The van der Waals surface area contributed by atoms with Crippen molar-refractivity contribution >= 4 is 55.5 Å². The first-order chi connectivity index (χ1) is 11.0. The molecular weight excluding hydrogens is 522 g/mol. The lowest BCUT2D eigenvalue weighted by Gasteiger charge is -2.66. The highest BCUT2D eigenvalue weighted by atomic mass is 127. The third kappa shape index (κ3) is 1.78. The zero-order chi connectivity index (χ0) is 16.0. The van der Waals surface area contributed by atoms with Crippen molar-refractivity contribution in [3.05, 3.63) is 0 Å². The summed E-state index contributed by atoms with van der Waals surface area (Å²) in [7, 11) is 0. The van der Waals surface area contributed by atoms with E-state index in [1.807, 2.05) is 0 Å². The molecule has 1 spiro atoms. The molecule has 0 N–H and O–H groups in total. The summed E-state index contributed by atoms with van der Waals surface area (Å²) in [6.45, 7) is 0.642. The number of carbonyl (C=O) groups excluding carboxylic acids is 2. The van der Waals surface area contributed by atoms with E-state index in [0.29, 0.717) is 35.2 Å². The molecule has 5 rings (SSSR count). The minimum atomic E-state index is -0.169. The van der Waals surface area contributed by atoms with Crippen LogP contribution in [0.5, 0.6) is 0 Å². The average Bonchev–Trinajstić information content (AvgIpc) is 3.04. The van der Waals surface area contributed by atoms with Crippen LogP contribution in [-0.4, -0.2) is 16.6 Å². The predicted molar refractivity (Wildman–Crippen MR) is 99.1 cm³/mol. The molecule has 0 aromatic carbocycles. The first-order valence-corrected chi connectivity index (χ1v) is 10.6. The number of ether oxygens (including phenoxy) is 1. The summed E-state index contributed by atoms with van der Waals surface area (Å²) in [6, 6.07) is 0. The van der Waals surface area contributed by atoms with Gasteiger partial charge in [0.15, 0.2) is 23.0 Å². The van der Waals surface area contributed by atoms with E-state index in [1.54, 1.807) is 45.6 Å². The van der Waals surface area contributed by atoms with Crippen LogP contribution < -0.4 is 0 Å². The number of hydrogen-bond donors (Lipinski definition) is 0. The SMILES string of the molecule is O=C(I)OCC12CC3CC4(C5CCC5CC(=O)OI)CC4(C1)C32. The fourth-order valence-electron chi connectivity index (χ4n) is 7.88. The lowest BCUT2D eigenvalue weighted by Crippen LogP contribution is -2.62.